The zero-order chi connectivity index (χ0) is 24.3. The lowest BCUT2D eigenvalue weighted by atomic mass is 9.94. The number of carbonyl (C=O) groups excluding carboxylic acids is 2. The lowest BCUT2D eigenvalue weighted by molar-refractivity contribution is 0.102. The molecule has 2 N–H and O–H groups in total. The van der Waals surface area contributed by atoms with Gasteiger partial charge < -0.3 is 5.32 Å². The molecule has 1 aliphatic rings. The summed E-state index contributed by atoms with van der Waals surface area (Å²) in [6.07, 6.45) is 2.62. The molecule has 4 rings (SSSR count). The Kier molecular flexibility index (Phi) is 7.11. The topological polar surface area (TPSA) is 108 Å². The Labute approximate surface area is 203 Å². The smallest absolute Gasteiger partial charge is 0.257 e. The molecule has 2 unspecified atom stereocenters. The maximum Gasteiger partial charge on any atom is 0.257 e. The molecular formula is C24H26N4O4S2. The Hall–Kier alpha value is -3.08. The van der Waals surface area contributed by atoms with Crippen molar-refractivity contribution in [2.45, 2.75) is 25.2 Å². The highest BCUT2D eigenvalue weighted by atomic mass is 32.2. The molecule has 0 saturated carbocycles. The number of nitrogens with one attached hydrogen (secondary N) is 2. The largest absolute Gasteiger partial charge is 0.322 e. The SMILES string of the molecule is CC1CC(C)CN(S(=O)(=O)c2ccc(C(=O)Nc3ccc(C(=O)Nc4nccs4)cc3)cc2)C1. The number of hydrogen-bond acceptors (Lipinski definition) is 6. The van der Waals surface area contributed by atoms with Gasteiger partial charge in [-0.1, -0.05) is 13.8 Å². The molecule has 2 amide bonds. The highest BCUT2D eigenvalue weighted by molar-refractivity contribution is 7.89. The van der Waals surface area contributed by atoms with Gasteiger partial charge in [0.2, 0.25) is 10.0 Å². The molecule has 2 aromatic carbocycles. The van der Waals surface area contributed by atoms with E-state index in [0.29, 0.717) is 46.9 Å². The van der Waals surface area contributed by atoms with Crippen LogP contribution in [0.25, 0.3) is 0 Å². The third-order valence-electron chi connectivity index (χ3n) is 5.65. The van der Waals surface area contributed by atoms with Crippen LogP contribution in [-0.2, 0) is 10.0 Å². The minimum atomic E-state index is -3.60. The molecule has 0 spiro atoms. The van der Waals surface area contributed by atoms with E-state index in [9.17, 15) is 18.0 Å². The van der Waals surface area contributed by atoms with Gasteiger partial charge in [0.25, 0.3) is 11.8 Å². The summed E-state index contributed by atoms with van der Waals surface area (Å²) < 4.78 is 27.6. The molecule has 1 fully saturated rings. The van der Waals surface area contributed by atoms with E-state index in [1.807, 2.05) is 0 Å². The first-order valence-electron chi connectivity index (χ1n) is 10.9. The molecular weight excluding hydrogens is 472 g/mol. The van der Waals surface area contributed by atoms with Gasteiger partial charge >= 0.3 is 0 Å². The van der Waals surface area contributed by atoms with Gasteiger partial charge in [0, 0.05) is 41.5 Å². The molecule has 1 saturated heterocycles. The van der Waals surface area contributed by atoms with E-state index in [-0.39, 0.29) is 16.7 Å². The fourth-order valence-electron chi connectivity index (χ4n) is 4.09. The first kappa shape index (κ1) is 24.1. The fourth-order valence-corrected chi connectivity index (χ4v) is 6.30. The predicted molar refractivity (Wildman–Crippen MR) is 133 cm³/mol. The first-order chi connectivity index (χ1) is 16.2. The highest BCUT2D eigenvalue weighted by Gasteiger charge is 2.31. The van der Waals surface area contributed by atoms with E-state index >= 15 is 0 Å². The molecule has 0 bridgehead atoms. The summed E-state index contributed by atoms with van der Waals surface area (Å²) in [5, 5.41) is 7.74. The van der Waals surface area contributed by atoms with Crippen LogP contribution in [-0.4, -0.2) is 42.6 Å². The van der Waals surface area contributed by atoms with Crippen molar-refractivity contribution in [3.63, 3.8) is 0 Å². The third-order valence-corrected chi connectivity index (χ3v) is 8.18. The number of benzene rings is 2. The van der Waals surface area contributed by atoms with Crippen molar-refractivity contribution in [3.8, 4) is 0 Å². The van der Waals surface area contributed by atoms with Crippen molar-refractivity contribution < 1.29 is 18.0 Å². The number of aromatic nitrogens is 1. The number of thiazole rings is 1. The summed E-state index contributed by atoms with van der Waals surface area (Å²) in [7, 11) is -3.60. The first-order valence-corrected chi connectivity index (χ1v) is 13.3. The van der Waals surface area contributed by atoms with Crippen molar-refractivity contribution in [1.82, 2.24) is 9.29 Å². The summed E-state index contributed by atoms with van der Waals surface area (Å²) in [5.41, 5.74) is 1.29. The minimum Gasteiger partial charge on any atom is -0.322 e. The molecule has 2 atom stereocenters. The van der Waals surface area contributed by atoms with Crippen molar-refractivity contribution in [2.24, 2.45) is 11.8 Å². The van der Waals surface area contributed by atoms with Crippen LogP contribution >= 0.6 is 11.3 Å². The maximum absolute atomic E-state index is 13.0. The van der Waals surface area contributed by atoms with Crippen molar-refractivity contribution in [2.75, 3.05) is 23.7 Å². The molecule has 2 heterocycles. The summed E-state index contributed by atoms with van der Waals surface area (Å²) in [5.74, 6) is -0.0342. The second kappa shape index (κ2) is 10.0. The molecule has 34 heavy (non-hydrogen) atoms. The van der Waals surface area contributed by atoms with Crippen molar-refractivity contribution >= 4 is 44.0 Å². The van der Waals surface area contributed by atoms with E-state index in [1.165, 1.54) is 39.9 Å². The second-order valence-corrected chi connectivity index (χ2v) is 11.4. The number of anilines is 2. The van der Waals surface area contributed by atoms with Gasteiger partial charge in [0.15, 0.2) is 5.13 Å². The Bertz CT molecular complexity index is 1250. The summed E-state index contributed by atoms with van der Waals surface area (Å²) in [6.45, 7) is 5.14. The zero-order valence-corrected chi connectivity index (χ0v) is 20.5. The van der Waals surface area contributed by atoms with Crippen LogP contribution in [0.4, 0.5) is 10.8 Å². The zero-order valence-electron chi connectivity index (χ0n) is 18.9. The fraction of sp³-hybridized carbons (Fsp3) is 0.292. The molecule has 178 valence electrons. The lowest BCUT2D eigenvalue weighted by Gasteiger charge is -2.34. The van der Waals surface area contributed by atoms with E-state index in [2.05, 4.69) is 29.5 Å². The molecule has 0 aliphatic carbocycles. The number of amides is 2. The predicted octanol–water partition coefficient (Wildman–Crippen LogP) is 4.31. The number of hydrogen-bond donors (Lipinski definition) is 2. The average molecular weight is 499 g/mol. The van der Waals surface area contributed by atoms with Crippen LogP contribution in [0, 0.1) is 11.8 Å². The second-order valence-electron chi connectivity index (χ2n) is 8.62. The Balaban J connectivity index is 1.39. The van der Waals surface area contributed by atoms with E-state index < -0.39 is 10.0 Å². The lowest BCUT2D eigenvalue weighted by Crippen LogP contribution is -2.42. The van der Waals surface area contributed by atoms with Crippen LogP contribution in [0.1, 0.15) is 41.0 Å². The van der Waals surface area contributed by atoms with E-state index in [4.69, 9.17) is 0 Å². The van der Waals surface area contributed by atoms with Crippen LogP contribution in [0.2, 0.25) is 0 Å². The normalized spacial score (nSPS) is 18.9. The van der Waals surface area contributed by atoms with Crippen LogP contribution in [0.5, 0.6) is 0 Å². The molecule has 0 radical (unpaired) electrons. The van der Waals surface area contributed by atoms with E-state index in [1.54, 1.807) is 35.8 Å². The van der Waals surface area contributed by atoms with Gasteiger partial charge in [-0.05, 0) is 66.8 Å². The number of piperidine rings is 1. The van der Waals surface area contributed by atoms with Crippen LogP contribution in [0.15, 0.2) is 65.0 Å². The minimum absolute atomic E-state index is 0.181. The van der Waals surface area contributed by atoms with Gasteiger partial charge in [-0.15, -0.1) is 11.3 Å². The molecule has 1 aromatic heterocycles. The van der Waals surface area contributed by atoms with Gasteiger partial charge in [-0.2, -0.15) is 4.31 Å². The van der Waals surface area contributed by atoms with Gasteiger partial charge in [-0.25, -0.2) is 13.4 Å². The van der Waals surface area contributed by atoms with Gasteiger partial charge in [0.05, 0.1) is 4.90 Å². The summed E-state index contributed by atoms with van der Waals surface area (Å²) in [4.78, 5) is 29.1. The number of nitrogens with zero attached hydrogens (tertiary/aromatic N) is 2. The third kappa shape index (κ3) is 5.52. The Morgan fingerprint density at radius 3 is 2.03 bits per heavy atom. The number of rotatable bonds is 6. The summed E-state index contributed by atoms with van der Waals surface area (Å²) in [6, 6.07) is 12.4. The number of sulfonamides is 1. The number of carbonyl (C=O) groups is 2. The average Bonchev–Trinajstić information content (AvgIpc) is 3.32. The highest BCUT2D eigenvalue weighted by Crippen LogP contribution is 2.27. The Morgan fingerprint density at radius 1 is 0.912 bits per heavy atom. The molecule has 10 heteroatoms. The van der Waals surface area contributed by atoms with Crippen LogP contribution < -0.4 is 10.6 Å². The summed E-state index contributed by atoms with van der Waals surface area (Å²) >= 11 is 1.33. The maximum atomic E-state index is 13.0. The molecule has 3 aromatic rings. The van der Waals surface area contributed by atoms with E-state index in [0.717, 1.165) is 6.42 Å². The van der Waals surface area contributed by atoms with Gasteiger partial charge in [0.1, 0.15) is 0 Å². The van der Waals surface area contributed by atoms with Crippen molar-refractivity contribution in [3.05, 3.63) is 71.2 Å². The molecule has 1 aliphatic heterocycles. The van der Waals surface area contributed by atoms with Gasteiger partial charge in [-0.3, -0.25) is 14.9 Å². The standard InChI is InChI=1S/C24H26N4O4S2/c1-16-13-17(2)15-28(14-16)34(31,32)21-9-5-19(6-10-21)22(29)26-20-7-3-18(4-8-20)23(30)27-24-25-11-12-33-24/h3-12,16-17H,13-15H2,1-2H3,(H,26,29)(H,25,27,30). The van der Waals surface area contributed by atoms with Crippen molar-refractivity contribution in [1.29, 1.82) is 0 Å². The van der Waals surface area contributed by atoms with Crippen LogP contribution in [0.3, 0.4) is 0 Å². The monoisotopic (exact) mass is 498 g/mol. The quantitative estimate of drug-likeness (QED) is 0.526. The molecule has 8 nitrogen and oxygen atoms in total. The Morgan fingerprint density at radius 2 is 1.47 bits per heavy atom.